The number of esters is 1. The molecule has 2 aliphatic rings. The number of carbonyl (C=O) groups is 1. The van der Waals surface area contributed by atoms with E-state index in [-0.39, 0.29) is 12.0 Å². The van der Waals surface area contributed by atoms with Crippen molar-refractivity contribution in [2.45, 2.75) is 76.0 Å². The molecule has 0 radical (unpaired) electrons. The van der Waals surface area contributed by atoms with Gasteiger partial charge in [0, 0.05) is 47.9 Å². The first-order valence-corrected chi connectivity index (χ1v) is 14.8. The van der Waals surface area contributed by atoms with Gasteiger partial charge < -0.3 is 10.1 Å². The summed E-state index contributed by atoms with van der Waals surface area (Å²) < 4.78 is 59.6. The average molecular weight is 589 g/mol. The minimum absolute atomic E-state index is 0.225. The number of hydrogen-bond donors (Lipinski definition) is 1. The van der Waals surface area contributed by atoms with Crippen LogP contribution in [-0.2, 0) is 17.5 Å². The first kappa shape index (κ1) is 29.7. The van der Waals surface area contributed by atoms with Gasteiger partial charge in [-0.1, -0.05) is 24.3 Å². The Morgan fingerprint density at radius 1 is 1.00 bits per heavy atom. The van der Waals surface area contributed by atoms with Gasteiger partial charge in [-0.25, -0.2) is 9.18 Å². The zero-order chi connectivity index (χ0) is 29.4. The molecule has 1 aliphatic carbocycles. The van der Waals surface area contributed by atoms with Crippen LogP contribution >= 0.6 is 11.3 Å². The van der Waals surface area contributed by atoms with Crippen molar-refractivity contribution in [3.63, 3.8) is 0 Å². The van der Waals surface area contributed by atoms with E-state index in [1.165, 1.54) is 17.0 Å². The molecule has 0 amide bonds. The van der Waals surface area contributed by atoms with Crippen LogP contribution in [0.2, 0.25) is 0 Å². The van der Waals surface area contributed by atoms with Crippen LogP contribution in [0, 0.1) is 0 Å². The van der Waals surface area contributed by atoms with Gasteiger partial charge >= 0.3 is 12.1 Å². The fourth-order valence-corrected chi connectivity index (χ4v) is 6.40. The number of benzene rings is 2. The quantitative estimate of drug-likeness (QED) is 0.215. The van der Waals surface area contributed by atoms with E-state index in [9.17, 15) is 18.0 Å². The lowest BCUT2D eigenvalue weighted by atomic mass is 9.93. The molecule has 2 atom stereocenters. The van der Waals surface area contributed by atoms with Gasteiger partial charge in [-0.15, -0.1) is 11.3 Å². The van der Waals surface area contributed by atoms with Crippen LogP contribution in [0.1, 0.15) is 72.3 Å². The molecular weight excluding hydrogens is 552 g/mol. The molecule has 1 saturated carbocycles. The van der Waals surface area contributed by atoms with Gasteiger partial charge in [0.15, 0.2) is 0 Å². The molecule has 5 rings (SSSR count). The predicted molar refractivity (Wildman–Crippen MR) is 154 cm³/mol. The summed E-state index contributed by atoms with van der Waals surface area (Å²) in [6, 6.07) is 16.9. The summed E-state index contributed by atoms with van der Waals surface area (Å²) in [5.74, 6) is -0.0242. The third-order valence-corrected chi connectivity index (χ3v) is 8.97. The molecule has 0 spiro atoms. The standard InChI is InChI=1S/C32H36F4N2O2S/c1-30(2,3)40-29(39)23-6-4-21(5-7-23)19-38-16-14-31(33,15-17-38)20-37-26-18-25(26)28-13-12-27(41-28)22-8-10-24(11-9-22)32(34,35)36/h4-13,25-26,37H,14-20H2,1-3H3. The van der Waals surface area contributed by atoms with Crippen LogP contribution in [0.5, 0.6) is 0 Å². The lowest BCUT2D eigenvalue weighted by molar-refractivity contribution is -0.137. The van der Waals surface area contributed by atoms with Crippen molar-refractivity contribution in [1.82, 2.24) is 10.2 Å². The topological polar surface area (TPSA) is 41.6 Å². The molecular formula is C32H36F4N2O2S. The number of alkyl halides is 4. The van der Waals surface area contributed by atoms with Crippen molar-refractivity contribution in [2.75, 3.05) is 19.6 Å². The number of nitrogens with one attached hydrogen (secondary N) is 1. The van der Waals surface area contributed by atoms with Crippen molar-refractivity contribution in [1.29, 1.82) is 0 Å². The molecule has 4 nitrogen and oxygen atoms in total. The largest absolute Gasteiger partial charge is 0.456 e. The van der Waals surface area contributed by atoms with Crippen LogP contribution in [0.4, 0.5) is 17.6 Å². The van der Waals surface area contributed by atoms with Crippen LogP contribution in [0.25, 0.3) is 10.4 Å². The number of halogens is 4. The monoisotopic (exact) mass is 588 g/mol. The molecule has 220 valence electrons. The van der Waals surface area contributed by atoms with Gasteiger partial charge in [0.2, 0.25) is 0 Å². The zero-order valence-corrected chi connectivity index (χ0v) is 24.4. The number of nitrogens with zero attached hydrogens (tertiary/aromatic N) is 1. The Hall–Kier alpha value is -2.75. The van der Waals surface area contributed by atoms with Gasteiger partial charge in [-0.2, -0.15) is 13.2 Å². The number of thiophene rings is 1. The van der Waals surface area contributed by atoms with Gasteiger partial charge in [0.25, 0.3) is 0 Å². The van der Waals surface area contributed by atoms with Crippen LogP contribution in [-0.4, -0.2) is 47.8 Å². The molecule has 2 heterocycles. The highest BCUT2D eigenvalue weighted by molar-refractivity contribution is 7.15. The van der Waals surface area contributed by atoms with E-state index in [4.69, 9.17) is 4.74 Å². The number of hydrogen-bond acceptors (Lipinski definition) is 5. The minimum atomic E-state index is -4.34. The number of carbonyl (C=O) groups excluding carboxylic acids is 1. The maximum absolute atomic E-state index is 15.6. The maximum atomic E-state index is 15.6. The smallest absolute Gasteiger partial charge is 0.416 e. The van der Waals surface area contributed by atoms with E-state index in [1.807, 2.05) is 45.0 Å². The highest BCUT2D eigenvalue weighted by atomic mass is 32.1. The van der Waals surface area contributed by atoms with Crippen molar-refractivity contribution in [3.05, 3.63) is 82.2 Å². The first-order valence-electron chi connectivity index (χ1n) is 14.0. The van der Waals surface area contributed by atoms with Gasteiger partial charge in [-0.3, -0.25) is 4.90 Å². The summed E-state index contributed by atoms with van der Waals surface area (Å²) in [5, 5.41) is 3.43. The second-order valence-electron chi connectivity index (χ2n) is 12.2. The third-order valence-electron chi connectivity index (χ3n) is 7.71. The normalized spacial score (nSPS) is 21.0. The minimum Gasteiger partial charge on any atom is -0.456 e. The van der Waals surface area contributed by atoms with Crippen LogP contribution < -0.4 is 5.32 Å². The molecule has 2 aromatic carbocycles. The van der Waals surface area contributed by atoms with Crippen molar-refractivity contribution in [3.8, 4) is 10.4 Å². The molecule has 1 aliphatic heterocycles. The lowest BCUT2D eigenvalue weighted by Gasteiger charge is -2.36. The van der Waals surface area contributed by atoms with Gasteiger partial charge in [-0.05, 0) is 87.6 Å². The average Bonchev–Trinajstić information content (AvgIpc) is 3.53. The van der Waals surface area contributed by atoms with Gasteiger partial charge in [0.05, 0.1) is 11.1 Å². The molecule has 3 aromatic rings. The van der Waals surface area contributed by atoms with Gasteiger partial charge in [0.1, 0.15) is 11.3 Å². The van der Waals surface area contributed by atoms with E-state index in [0.717, 1.165) is 34.6 Å². The fraction of sp³-hybridized carbons (Fsp3) is 0.469. The Kier molecular flexibility index (Phi) is 8.34. The maximum Gasteiger partial charge on any atom is 0.416 e. The summed E-state index contributed by atoms with van der Waals surface area (Å²) in [5.41, 5.74) is -0.0615. The van der Waals surface area contributed by atoms with Crippen molar-refractivity contribution in [2.24, 2.45) is 0 Å². The van der Waals surface area contributed by atoms with E-state index in [1.54, 1.807) is 23.5 Å². The van der Waals surface area contributed by atoms with Crippen molar-refractivity contribution >= 4 is 17.3 Å². The second kappa shape index (κ2) is 11.5. The molecule has 41 heavy (non-hydrogen) atoms. The Balaban J connectivity index is 1.06. The summed E-state index contributed by atoms with van der Waals surface area (Å²) >= 11 is 1.59. The summed E-state index contributed by atoms with van der Waals surface area (Å²) in [4.78, 5) is 16.6. The third kappa shape index (κ3) is 7.76. The van der Waals surface area contributed by atoms with Crippen molar-refractivity contribution < 1.29 is 27.1 Å². The van der Waals surface area contributed by atoms with E-state index < -0.39 is 23.0 Å². The first-order chi connectivity index (χ1) is 19.3. The SMILES string of the molecule is CC(C)(C)OC(=O)c1ccc(CN2CCC(F)(CNC3CC3c3ccc(-c4ccc(C(F)(F)F)cc4)s3)CC2)cc1. The molecule has 2 unspecified atom stereocenters. The molecule has 1 aromatic heterocycles. The summed E-state index contributed by atoms with van der Waals surface area (Å²) in [7, 11) is 0. The van der Waals surface area contributed by atoms with E-state index in [0.29, 0.717) is 50.5 Å². The number of rotatable bonds is 8. The zero-order valence-electron chi connectivity index (χ0n) is 23.6. The highest BCUT2D eigenvalue weighted by Gasteiger charge is 2.42. The molecule has 0 bridgehead atoms. The molecule has 1 N–H and O–H groups in total. The predicted octanol–water partition coefficient (Wildman–Crippen LogP) is 7.84. The Bertz CT molecular complexity index is 1340. The number of ether oxygens (including phenoxy) is 1. The summed E-state index contributed by atoms with van der Waals surface area (Å²) in [6.07, 6.45) is -2.48. The highest BCUT2D eigenvalue weighted by Crippen LogP contribution is 2.46. The summed E-state index contributed by atoms with van der Waals surface area (Å²) in [6.45, 7) is 7.89. The Morgan fingerprint density at radius 2 is 1.66 bits per heavy atom. The number of piperidine rings is 1. The molecule has 2 fully saturated rings. The van der Waals surface area contributed by atoms with E-state index in [2.05, 4.69) is 10.2 Å². The van der Waals surface area contributed by atoms with Crippen LogP contribution in [0.3, 0.4) is 0 Å². The molecule has 1 saturated heterocycles. The van der Waals surface area contributed by atoms with Crippen LogP contribution in [0.15, 0.2) is 60.7 Å². The lowest BCUT2D eigenvalue weighted by Crippen LogP contribution is -2.47. The second-order valence-corrected chi connectivity index (χ2v) is 13.3. The molecule has 9 heteroatoms. The van der Waals surface area contributed by atoms with E-state index >= 15 is 4.39 Å². The Morgan fingerprint density at radius 3 is 2.27 bits per heavy atom. The number of likely N-dealkylation sites (tertiary alicyclic amines) is 1. The fourth-order valence-electron chi connectivity index (χ4n) is 5.21. The Labute approximate surface area is 242 Å².